The van der Waals surface area contributed by atoms with Crippen LogP contribution in [0.4, 0.5) is 17.2 Å². The van der Waals surface area contributed by atoms with Gasteiger partial charge >= 0.3 is 0 Å². The molecule has 7 nitrogen and oxygen atoms in total. The second-order valence-corrected chi connectivity index (χ2v) is 8.75. The number of hydrogen-bond acceptors (Lipinski definition) is 6. The smallest absolute Gasteiger partial charge is 0.237 e. The Morgan fingerprint density at radius 3 is 2.48 bits per heavy atom. The highest BCUT2D eigenvalue weighted by Gasteiger charge is 2.29. The molecule has 2 N–H and O–H groups in total. The van der Waals surface area contributed by atoms with Crippen molar-refractivity contribution in [3.63, 3.8) is 0 Å². The van der Waals surface area contributed by atoms with Gasteiger partial charge < -0.3 is 5.32 Å². The Bertz CT molecular complexity index is 821. The summed E-state index contributed by atoms with van der Waals surface area (Å²) in [6.07, 6.45) is 2.94. The molecular formula is C13H15Cl2N5O2S. The van der Waals surface area contributed by atoms with E-state index in [4.69, 9.17) is 23.2 Å². The molecule has 23 heavy (non-hydrogen) atoms. The monoisotopic (exact) mass is 375 g/mol. The van der Waals surface area contributed by atoms with Crippen molar-refractivity contribution >= 4 is 50.4 Å². The molecule has 2 aromatic rings. The molecule has 0 amide bonds. The molecule has 0 aromatic carbocycles. The van der Waals surface area contributed by atoms with Crippen LogP contribution in [0.2, 0.25) is 10.4 Å². The Balaban J connectivity index is 2.29. The van der Waals surface area contributed by atoms with Crippen molar-refractivity contribution in [3.8, 4) is 0 Å². The topological polar surface area (TPSA) is 96.9 Å². The van der Waals surface area contributed by atoms with E-state index in [1.807, 2.05) is 0 Å². The second-order valence-electron chi connectivity index (χ2n) is 5.62. The molecule has 2 rings (SSSR count). The molecule has 2 aromatic heterocycles. The zero-order valence-corrected chi connectivity index (χ0v) is 15.0. The highest BCUT2D eigenvalue weighted by atomic mass is 35.5. The molecule has 0 aliphatic carbocycles. The van der Waals surface area contributed by atoms with E-state index >= 15 is 0 Å². The zero-order valence-electron chi connectivity index (χ0n) is 12.6. The molecule has 0 spiro atoms. The van der Waals surface area contributed by atoms with Gasteiger partial charge in [-0.25, -0.2) is 23.4 Å². The van der Waals surface area contributed by atoms with Crippen LogP contribution in [0, 0.1) is 0 Å². The van der Waals surface area contributed by atoms with Gasteiger partial charge in [0.2, 0.25) is 15.3 Å². The summed E-state index contributed by atoms with van der Waals surface area (Å²) in [5, 5.41) is 3.08. The number of hydrogen-bond donors (Lipinski definition) is 2. The van der Waals surface area contributed by atoms with E-state index in [9.17, 15) is 8.42 Å². The Labute approximate surface area is 144 Å². The minimum Gasteiger partial charge on any atom is -0.339 e. The molecule has 0 saturated heterocycles. The Morgan fingerprint density at radius 1 is 1.17 bits per heavy atom. The van der Waals surface area contributed by atoms with E-state index in [1.54, 1.807) is 26.8 Å². The standard InChI is InChI=1S/C13H15Cl2N5O2S/c1-13(2,3)23(21,22)20-9-6-8(7-17-11(9)14)18-10-4-5-16-12(15)19-10/h4-7,20H,1-3H3,(H,16,18,19). The quantitative estimate of drug-likeness (QED) is 0.627. The summed E-state index contributed by atoms with van der Waals surface area (Å²) < 4.78 is 25.9. The van der Waals surface area contributed by atoms with E-state index in [2.05, 4.69) is 25.0 Å². The zero-order chi connectivity index (χ0) is 17.3. The Kier molecular flexibility index (Phi) is 4.98. The summed E-state index contributed by atoms with van der Waals surface area (Å²) in [5.74, 6) is 0.443. The minimum absolute atomic E-state index is 0.0455. The fourth-order valence-corrected chi connectivity index (χ4v) is 2.54. The molecule has 10 heteroatoms. The van der Waals surface area contributed by atoms with Gasteiger partial charge in [0.05, 0.1) is 22.3 Å². The number of nitrogens with one attached hydrogen (secondary N) is 2. The lowest BCUT2D eigenvalue weighted by atomic mass is 10.3. The maximum atomic E-state index is 12.2. The van der Waals surface area contributed by atoms with Crippen molar-refractivity contribution < 1.29 is 8.42 Å². The average Bonchev–Trinajstić information content (AvgIpc) is 2.41. The minimum atomic E-state index is -3.62. The van der Waals surface area contributed by atoms with Crippen LogP contribution in [0.15, 0.2) is 24.5 Å². The lowest BCUT2D eigenvalue weighted by Crippen LogP contribution is -2.33. The number of anilines is 3. The van der Waals surface area contributed by atoms with Crippen LogP contribution in [0.5, 0.6) is 0 Å². The van der Waals surface area contributed by atoms with Gasteiger partial charge in [-0.3, -0.25) is 4.72 Å². The first-order chi connectivity index (χ1) is 10.6. The molecule has 0 aliphatic heterocycles. The van der Waals surface area contributed by atoms with E-state index in [1.165, 1.54) is 18.5 Å². The van der Waals surface area contributed by atoms with Crippen molar-refractivity contribution in [2.75, 3.05) is 10.0 Å². The molecule has 0 radical (unpaired) electrons. The third-order valence-electron chi connectivity index (χ3n) is 2.79. The van der Waals surface area contributed by atoms with Crippen LogP contribution in [-0.2, 0) is 10.0 Å². The van der Waals surface area contributed by atoms with Gasteiger partial charge in [0.25, 0.3) is 0 Å². The van der Waals surface area contributed by atoms with Crippen LogP contribution in [0.25, 0.3) is 0 Å². The molecule has 0 fully saturated rings. The normalized spacial score (nSPS) is 12.0. The van der Waals surface area contributed by atoms with Gasteiger partial charge in [-0.05, 0) is 44.5 Å². The molecule has 0 aliphatic rings. The SMILES string of the molecule is CC(C)(C)S(=O)(=O)Nc1cc(Nc2ccnc(Cl)n2)cnc1Cl. The summed E-state index contributed by atoms with van der Waals surface area (Å²) in [6, 6.07) is 3.13. The average molecular weight is 376 g/mol. The predicted octanol–water partition coefficient (Wildman–Crippen LogP) is 3.46. The van der Waals surface area contributed by atoms with E-state index < -0.39 is 14.8 Å². The molecule has 0 unspecified atom stereocenters. The molecule has 0 bridgehead atoms. The van der Waals surface area contributed by atoms with Crippen LogP contribution in [0.1, 0.15) is 20.8 Å². The van der Waals surface area contributed by atoms with Crippen molar-refractivity contribution in [2.24, 2.45) is 0 Å². The molecule has 0 atom stereocenters. The summed E-state index contributed by atoms with van der Waals surface area (Å²) in [5.41, 5.74) is 0.669. The van der Waals surface area contributed by atoms with Crippen LogP contribution < -0.4 is 10.0 Å². The summed E-state index contributed by atoms with van der Waals surface area (Å²) >= 11 is 11.7. The predicted molar refractivity (Wildman–Crippen MR) is 91.9 cm³/mol. The third kappa shape index (κ3) is 4.43. The van der Waals surface area contributed by atoms with E-state index in [0.717, 1.165) is 0 Å². The van der Waals surface area contributed by atoms with Crippen molar-refractivity contribution in [1.29, 1.82) is 0 Å². The van der Waals surface area contributed by atoms with Crippen molar-refractivity contribution in [3.05, 3.63) is 35.0 Å². The summed E-state index contributed by atoms with van der Waals surface area (Å²) in [7, 11) is -3.62. The highest BCUT2D eigenvalue weighted by molar-refractivity contribution is 7.94. The molecule has 0 saturated carbocycles. The Morgan fingerprint density at radius 2 is 1.87 bits per heavy atom. The van der Waals surface area contributed by atoms with Gasteiger partial charge in [0.15, 0.2) is 5.15 Å². The first-order valence-corrected chi connectivity index (χ1v) is 8.76. The number of rotatable bonds is 4. The molecule has 2 heterocycles. The number of nitrogens with zero attached hydrogens (tertiary/aromatic N) is 3. The Hall–Kier alpha value is -1.64. The fraction of sp³-hybridized carbons (Fsp3) is 0.308. The first kappa shape index (κ1) is 17.7. The van der Waals surface area contributed by atoms with E-state index in [-0.39, 0.29) is 16.1 Å². The second kappa shape index (κ2) is 6.46. The number of pyridine rings is 1. The molecular weight excluding hydrogens is 361 g/mol. The lowest BCUT2D eigenvalue weighted by molar-refractivity contribution is 0.566. The maximum absolute atomic E-state index is 12.2. The van der Waals surface area contributed by atoms with Gasteiger partial charge in [0.1, 0.15) is 5.82 Å². The van der Waals surface area contributed by atoms with Gasteiger partial charge in [-0.15, -0.1) is 0 Å². The van der Waals surface area contributed by atoms with Gasteiger partial charge in [-0.2, -0.15) is 0 Å². The van der Waals surface area contributed by atoms with Crippen LogP contribution in [0.3, 0.4) is 0 Å². The van der Waals surface area contributed by atoms with Crippen molar-refractivity contribution in [2.45, 2.75) is 25.5 Å². The highest BCUT2D eigenvalue weighted by Crippen LogP contribution is 2.28. The van der Waals surface area contributed by atoms with Crippen LogP contribution >= 0.6 is 23.2 Å². The number of halogens is 2. The van der Waals surface area contributed by atoms with Gasteiger partial charge in [0, 0.05) is 6.20 Å². The van der Waals surface area contributed by atoms with Crippen LogP contribution in [-0.4, -0.2) is 28.1 Å². The summed E-state index contributed by atoms with van der Waals surface area (Å²) in [4.78, 5) is 11.7. The third-order valence-corrected chi connectivity index (χ3v) is 5.37. The fourth-order valence-electron chi connectivity index (χ4n) is 1.44. The van der Waals surface area contributed by atoms with Gasteiger partial charge in [-0.1, -0.05) is 11.6 Å². The molecule has 124 valence electrons. The summed E-state index contributed by atoms with van der Waals surface area (Å²) in [6.45, 7) is 4.75. The maximum Gasteiger partial charge on any atom is 0.237 e. The first-order valence-electron chi connectivity index (χ1n) is 6.52. The largest absolute Gasteiger partial charge is 0.339 e. The lowest BCUT2D eigenvalue weighted by Gasteiger charge is -2.21. The van der Waals surface area contributed by atoms with Crippen molar-refractivity contribution in [1.82, 2.24) is 15.0 Å². The number of aromatic nitrogens is 3. The van der Waals surface area contributed by atoms with E-state index in [0.29, 0.717) is 11.5 Å². The number of sulfonamides is 1.